The van der Waals surface area contributed by atoms with Crippen molar-refractivity contribution in [3.05, 3.63) is 0 Å². The van der Waals surface area contributed by atoms with Crippen molar-refractivity contribution in [1.29, 1.82) is 0 Å². The fourth-order valence-electron chi connectivity index (χ4n) is 4.41. The van der Waals surface area contributed by atoms with E-state index >= 15 is 0 Å². The third-order valence-electron chi connectivity index (χ3n) is 5.58. The van der Waals surface area contributed by atoms with E-state index in [9.17, 15) is 0 Å². The Bertz CT molecular complexity index is 312. The Balaban J connectivity index is 1.80. The van der Waals surface area contributed by atoms with Crippen LogP contribution in [0.5, 0.6) is 0 Å². The second kappa shape index (κ2) is 7.00. The van der Waals surface area contributed by atoms with Gasteiger partial charge in [-0.2, -0.15) is 0 Å². The van der Waals surface area contributed by atoms with Crippen LogP contribution in [0.15, 0.2) is 0 Å². The Morgan fingerprint density at radius 1 is 1.00 bits per heavy atom. The first kappa shape index (κ1) is 17.3. The monoisotopic (exact) mass is 295 g/mol. The van der Waals surface area contributed by atoms with Gasteiger partial charge in [0.1, 0.15) is 0 Å². The number of rotatable bonds is 5. The summed E-state index contributed by atoms with van der Waals surface area (Å²) in [6.45, 7) is 15.4. The molecule has 2 aliphatic rings. The summed E-state index contributed by atoms with van der Waals surface area (Å²) in [5.74, 6) is 0.899. The third kappa shape index (κ3) is 5.25. The molecule has 2 aliphatic heterocycles. The van der Waals surface area contributed by atoms with Crippen molar-refractivity contribution in [2.24, 2.45) is 11.3 Å². The van der Waals surface area contributed by atoms with E-state index in [2.05, 4.69) is 39.5 Å². The van der Waals surface area contributed by atoms with Crippen LogP contribution in [0, 0.1) is 11.3 Å². The zero-order chi connectivity index (χ0) is 15.5. The molecular weight excluding hydrogens is 258 g/mol. The van der Waals surface area contributed by atoms with Crippen molar-refractivity contribution >= 4 is 0 Å². The van der Waals surface area contributed by atoms with Crippen LogP contribution in [-0.2, 0) is 4.74 Å². The van der Waals surface area contributed by atoms with Gasteiger partial charge in [-0.1, -0.05) is 13.8 Å². The Morgan fingerprint density at radius 3 is 2.29 bits per heavy atom. The van der Waals surface area contributed by atoms with Crippen molar-refractivity contribution in [3.63, 3.8) is 0 Å². The Kier molecular flexibility index (Phi) is 5.76. The number of nitrogens with zero attached hydrogens (tertiary/aromatic N) is 1. The number of hydrogen-bond donors (Lipinski definition) is 0. The topological polar surface area (TPSA) is 12.5 Å². The first-order chi connectivity index (χ1) is 9.78. The number of hydrogen-bond acceptors (Lipinski definition) is 2. The quantitative estimate of drug-likeness (QED) is 0.717. The Labute approximate surface area is 132 Å². The van der Waals surface area contributed by atoms with E-state index in [0.717, 1.165) is 25.2 Å². The molecule has 0 unspecified atom stereocenters. The van der Waals surface area contributed by atoms with Crippen molar-refractivity contribution in [1.82, 2.24) is 4.90 Å². The van der Waals surface area contributed by atoms with Crippen LogP contribution in [0.3, 0.4) is 0 Å². The van der Waals surface area contributed by atoms with Gasteiger partial charge in [0, 0.05) is 24.8 Å². The molecule has 0 bridgehead atoms. The molecule has 21 heavy (non-hydrogen) atoms. The Morgan fingerprint density at radius 2 is 1.67 bits per heavy atom. The molecule has 0 aliphatic carbocycles. The van der Waals surface area contributed by atoms with Gasteiger partial charge in [-0.25, -0.2) is 0 Å². The molecule has 2 nitrogen and oxygen atoms in total. The van der Waals surface area contributed by atoms with E-state index in [0.29, 0.717) is 11.0 Å². The molecule has 124 valence electrons. The molecule has 0 aromatic heterocycles. The fourth-order valence-corrected chi connectivity index (χ4v) is 4.41. The van der Waals surface area contributed by atoms with E-state index in [1.54, 1.807) is 0 Å². The summed E-state index contributed by atoms with van der Waals surface area (Å²) in [6, 6.07) is 0.818. The molecule has 0 aromatic rings. The van der Waals surface area contributed by atoms with Gasteiger partial charge in [-0.3, -0.25) is 4.90 Å². The predicted molar refractivity (Wildman–Crippen MR) is 90.7 cm³/mol. The van der Waals surface area contributed by atoms with Gasteiger partial charge >= 0.3 is 0 Å². The van der Waals surface area contributed by atoms with Gasteiger partial charge < -0.3 is 4.74 Å². The molecule has 2 heteroatoms. The summed E-state index contributed by atoms with van der Waals surface area (Å²) in [5, 5.41) is 0. The predicted octanol–water partition coefficient (Wildman–Crippen LogP) is 4.87. The van der Waals surface area contributed by atoms with Gasteiger partial charge in [0.15, 0.2) is 0 Å². The molecule has 2 saturated heterocycles. The zero-order valence-electron chi connectivity index (χ0n) is 15.1. The van der Waals surface area contributed by atoms with E-state index in [4.69, 9.17) is 4.74 Å². The number of ether oxygens (including phenoxy) is 1. The van der Waals surface area contributed by atoms with Crippen LogP contribution in [0.25, 0.3) is 0 Å². The highest BCUT2D eigenvalue weighted by Gasteiger charge is 2.34. The second-order valence-corrected chi connectivity index (χ2v) is 9.12. The van der Waals surface area contributed by atoms with Gasteiger partial charge in [-0.05, 0) is 83.6 Å². The highest BCUT2D eigenvalue weighted by atomic mass is 16.5. The summed E-state index contributed by atoms with van der Waals surface area (Å²) in [4.78, 5) is 2.75. The number of likely N-dealkylation sites (tertiary alicyclic amines) is 1. The lowest BCUT2D eigenvalue weighted by Crippen LogP contribution is -2.44. The lowest BCUT2D eigenvalue weighted by molar-refractivity contribution is 0.0471. The Hall–Kier alpha value is -0.0800. The van der Waals surface area contributed by atoms with E-state index in [1.807, 2.05) is 0 Å². The minimum atomic E-state index is 0.339. The van der Waals surface area contributed by atoms with Crippen LogP contribution in [0.1, 0.15) is 79.6 Å². The minimum Gasteiger partial charge on any atom is -0.381 e. The lowest BCUT2D eigenvalue weighted by Gasteiger charge is -2.39. The van der Waals surface area contributed by atoms with E-state index in [-0.39, 0.29) is 0 Å². The average molecular weight is 296 g/mol. The third-order valence-corrected chi connectivity index (χ3v) is 5.58. The molecule has 0 spiro atoms. The standard InChI is InChI=1S/C19H37NO/c1-18(2,3)20-12-6-7-17(20)8-11-19(4,5)15-16-9-13-21-14-10-16/h16-17H,6-15H2,1-5H3/t17-/m0/s1. The highest BCUT2D eigenvalue weighted by Crippen LogP contribution is 2.37. The molecule has 0 saturated carbocycles. The van der Waals surface area contributed by atoms with Gasteiger partial charge in [0.05, 0.1) is 0 Å². The smallest absolute Gasteiger partial charge is 0.0468 e. The highest BCUT2D eigenvalue weighted by molar-refractivity contribution is 4.89. The maximum absolute atomic E-state index is 5.50. The second-order valence-electron chi connectivity index (χ2n) is 9.12. The van der Waals surface area contributed by atoms with Gasteiger partial charge in [-0.15, -0.1) is 0 Å². The van der Waals surface area contributed by atoms with Gasteiger partial charge in [0.2, 0.25) is 0 Å². The summed E-state index contributed by atoms with van der Waals surface area (Å²) < 4.78 is 5.50. The first-order valence-corrected chi connectivity index (χ1v) is 9.12. The van der Waals surface area contributed by atoms with Crippen LogP contribution in [0.2, 0.25) is 0 Å². The van der Waals surface area contributed by atoms with Gasteiger partial charge in [0.25, 0.3) is 0 Å². The minimum absolute atomic E-state index is 0.339. The molecule has 0 N–H and O–H groups in total. The molecule has 0 amide bonds. The molecule has 0 radical (unpaired) electrons. The summed E-state index contributed by atoms with van der Waals surface area (Å²) >= 11 is 0. The first-order valence-electron chi connectivity index (χ1n) is 9.12. The fraction of sp³-hybridized carbons (Fsp3) is 1.00. The van der Waals surface area contributed by atoms with Crippen LogP contribution in [0.4, 0.5) is 0 Å². The zero-order valence-corrected chi connectivity index (χ0v) is 15.1. The summed E-state index contributed by atoms with van der Waals surface area (Å²) in [6.07, 6.45) is 9.50. The van der Waals surface area contributed by atoms with Crippen LogP contribution < -0.4 is 0 Å². The molecule has 2 fully saturated rings. The van der Waals surface area contributed by atoms with E-state index < -0.39 is 0 Å². The summed E-state index contributed by atoms with van der Waals surface area (Å²) in [5.41, 5.74) is 0.834. The maximum Gasteiger partial charge on any atom is 0.0468 e. The van der Waals surface area contributed by atoms with Crippen molar-refractivity contribution in [2.45, 2.75) is 91.1 Å². The molecular formula is C19H37NO. The van der Waals surface area contributed by atoms with Crippen molar-refractivity contribution in [3.8, 4) is 0 Å². The average Bonchev–Trinajstić information content (AvgIpc) is 2.85. The molecule has 2 heterocycles. The lowest BCUT2D eigenvalue weighted by atomic mass is 9.76. The maximum atomic E-state index is 5.50. The normalized spacial score (nSPS) is 26.4. The van der Waals surface area contributed by atoms with Crippen LogP contribution >= 0.6 is 0 Å². The van der Waals surface area contributed by atoms with Crippen molar-refractivity contribution in [2.75, 3.05) is 19.8 Å². The molecule has 1 atom stereocenters. The largest absolute Gasteiger partial charge is 0.381 e. The molecule has 0 aromatic carbocycles. The van der Waals surface area contributed by atoms with Crippen LogP contribution in [-0.4, -0.2) is 36.2 Å². The SMILES string of the molecule is CC(C)(CC[C@@H]1CCCN1C(C)(C)C)CC1CCOCC1. The van der Waals surface area contributed by atoms with Crippen molar-refractivity contribution < 1.29 is 4.74 Å². The molecule has 2 rings (SSSR count). The summed E-state index contributed by atoms with van der Waals surface area (Å²) in [7, 11) is 0. The van der Waals surface area contributed by atoms with E-state index in [1.165, 1.54) is 51.5 Å².